The molecular weight excluding hydrogens is 341 g/mol. The number of nitrogens with zero attached hydrogens (tertiary/aromatic N) is 2. The first kappa shape index (κ1) is 17.2. The van der Waals surface area contributed by atoms with Gasteiger partial charge in [-0.1, -0.05) is 42.1 Å². The van der Waals surface area contributed by atoms with Crippen LogP contribution in [-0.2, 0) is 11.3 Å². The number of rotatable bonds is 6. The summed E-state index contributed by atoms with van der Waals surface area (Å²) in [5, 5.41) is 10.7. The van der Waals surface area contributed by atoms with Crippen molar-refractivity contribution in [2.24, 2.45) is 0 Å². The van der Waals surface area contributed by atoms with Gasteiger partial charge in [0.15, 0.2) is 0 Å². The average Bonchev–Trinajstić information content (AvgIpc) is 3.10. The normalized spacial score (nSPS) is 11.9. The molecule has 1 aromatic heterocycles. The molecule has 0 fully saturated rings. The van der Waals surface area contributed by atoms with Gasteiger partial charge in [0.2, 0.25) is 11.8 Å². The van der Waals surface area contributed by atoms with Gasteiger partial charge in [-0.05, 0) is 36.8 Å². The van der Waals surface area contributed by atoms with E-state index in [1.165, 1.54) is 23.9 Å². The highest BCUT2D eigenvalue weighted by molar-refractivity contribution is 8.00. The van der Waals surface area contributed by atoms with Crippen LogP contribution in [0.25, 0.3) is 11.5 Å². The molecule has 0 aliphatic heterocycles. The van der Waals surface area contributed by atoms with Crippen molar-refractivity contribution in [3.8, 4) is 11.5 Å². The van der Waals surface area contributed by atoms with Crippen molar-refractivity contribution in [3.63, 3.8) is 0 Å². The molecule has 3 aromatic rings. The molecule has 1 N–H and O–H groups in total. The number of thioether (sulfide) groups is 1. The number of hydrogen-bond acceptors (Lipinski definition) is 5. The molecular formula is C18H16FN3O2S. The van der Waals surface area contributed by atoms with Crippen molar-refractivity contribution >= 4 is 17.7 Å². The lowest BCUT2D eigenvalue weighted by atomic mass is 10.2. The SMILES string of the molecule is C[C@H](Sc1nnc(-c2ccccc2)o1)C(=O)NCc1ccc(F)cc1. The van der Waals surface area contributed by atoms with Gasteiger partial charge in [-0.3, -0.25) is 4.79 Å². The van der Waals surface area contributed by atoms with Crippen LogP contribution < -0.4 is 5.32 Å². The fourth-order valence-electron chi connectivity index (χ4n) is 2.09. The second-order valence-corrected chi connectivity index (χ2v) is 6.64. The van der Waals surface area contributed by atoms with E-state index in [1.54, 1.807) is 19.1 Å². The van der Waals surface area contributed by atoms with Crippen molar-refractivity contribution in [1.82, 2.24) is 15.5 Å². The minimum Gasteiger partial charge on any atom is -0.411 e. The maximum atomic E-state index is 12.9. The second kappa shape index (κ2) is 7.94. The van der Waals surface area contributed by atoms with E-state index in [0.717, 1.165) is 11.1 Å². The number of amides is 1. The highest BCUT2D eigenvalue weighted by atomic mass is 32.2. The molecule has 1 atom stereocenters. The Bertz CT molecular complexity index is 837. The lowest BCUT2D eigenvalue weighted by Crippen LogP contribution is -2.30. The lowest BCUT2D eigenvalue weighted by Gasteiger charge is -2.09. The van der Waals surface area contributed by atoms with Gasteiger partial charge >= 0.3 is 0 Å². The minimum absolute atomic E-state index is 0.159. The summed E-state index contributed by atoms with van der Waals surface area (Å²) in [5.41, 5.74) is 1.66. The molecule has 0 saturated heterocycles. The zero-order valence-corrected chi connectivity index (χ0v) is 14.3. The summed E-state index contributed by atoms with van der Waals surface area (Å²) >= 11 is 1.19. The average molecular weight is 357 g/mol. The Morgan fingerprint density at radius 1 is 1.16 bits per heavy atom. The summed E-state index contributed by atoms with van der Waals surface area (Å²) in [6.45, 7) is 2.10. The van der Waals surface area contributed by atoms with Crippen molar-refractivity contribution in [3.05, 3.63) is 66.0 Å². The summed E-state index contributed by atoms with van der Waals surface area (Å²) in [4.78, 5) is 12.2. The smallest absolute Gasteiger partial charge is 0.277 e. The first-order valence-corrected chi connectivity index (χ1v) is 8.57. The number of halogens is 1. The van der Waals surface area contributed by atoms with E-state index < -0.39 is 5.25 Å². The molecule has 1 heterocycles. The number of benzene rings is 2. The predicted octanol–water partition coefficient (Wildman–Crippen LogP) is 3.67. The van der Waals surface area contributed by atoms with E-state index in [2.05, 4.69) is 15.5 Å². The van der Waals surface area contributed by atoms with Crippen LogP contribution in [0.2, 0.25) is 0 Å². The highest BCUT2D eigenvalue weighted by Crippen LogP contribution is 2.26. The van der Waals surface area contributed by atoms with Crippen LogP contribution in [0.15, 0.2) is 64.2 Å². The lowest BCUT2D eigenvalue weighted by molar-refractivity contribution is -0.120. The molecule has 0 aliphatic carbocycles. The van der Waals surface area contributed by atoms with E-state index in [-0.39, 0.29) is 11.7 Å². The number of nitrogens with one attached hydrogen (secondary N) is 1. The first-order valence-electron chi connectivity index (χ1n) is 7.69. The van der Waals surface area contributed by atoms with Crippen LogP contribution in [0.3, 0.4) is 0 Å². The standard InChI is InChI=1S/C18H16FN3O2S/c1-12(16(23)20-11-13-7-9-15(19)10-8-13)25-18-22-21-17(24-18)14-5-3-2-4-6-14/h2-10,12H,11H2,1H3,(H,20,23)/t12-/m0/s1. The predicted molar refractivity (Wildman–Crippen MR) is 93.3 cm³/mol. The van der Waals surface area contributed by atoms with Gasteiger partial charge in [-0.2, -0.15) is 0 Å². The number of aromatic nitrogens is 2. The highest BCUT2D eigenvalue weighted by Gasteiger charge is 2.18. The van der Waals surface area contributed by atoms with Crippen LogP contribution >= 0.6 is 11.8 Å². The van der Waals surface area contributed by atoms with Crippen molar-refractivity contribution < 1.29 is 13.6 Å². The largest absolute Gasteiger partial charge is 0.411 e. The van der Waals surface area contributed by atoms with E-state index in [4.69, 9.17) is 4.42 Å². The molecule has 2 aromatic carbocycles. The van der Waals surface area contributed by atoms with E-state index in [1.807, 2.05) is 30.3 Å². The molecule has 0 unspecified atom stereocenters. The second-order valence-electron chi connectivity index (χ2n) is 5.34. The minimum atomic E-state index is -0.399. The zero-order chi connectivity index (χ0) is 17.6. The van der Waals surface area contributed by atoms with Gasteiger partial charge in [-0.15, -0.1) is 10.2 Å². The van der Waals surface area contributed by atoms with Crippen LogP contribution in [-0.4, -0.2) is 21.4 Å². The maximum Gasteiger partial charge on any atom is 0.277 e. The van der Waals surface area contributed by atoms with E-state index in [0.29, 0.717) is 17.7 Å². The van der Waals surface area contributed by atoms with Crippen LogP contribution in [0.5, 0.6) is 0 Å². The molecule has 0 radical (unpaired) electrons. The fraction of sp³-hybridized carbons (Fsp3) is 0.167. The molecule has 0 spiro atoms. The molecule has 1 amide bonds. The van der Waals surface area contributed by atoms with E-state index in [9.17, 15) is 9.18 Å². The van der Waals surface area contributed by atoms with Crippen molar-refractivity contribution in [2.75, 3.05) is 0 Å². The zero-order valence-electron chi connectivity index (χ0n) is 13.5. The van der Waals surface area contributed by atoms with E-state index >= 15 is 0 Å². The van der Waals surface area contributed by atoms with Crippen molar-refractivity contribution in [2.45, 2.75) is 23.9 Å². The Morgan fingerprint density at radius 2 is 1.88 bits per heavy atom. The summed E-state index contributed by atoms with van der Waals surface area (Å²) in [6, 6.07) is 15.4. The quantitative estimate of drug-likeness (QED) is 0.682. The van der Waals surface area contributed by atoms with Gasteiger partial charge in [0.25, 0.3) is 5.22 Å². The Kier molecular flexibility index (Phi) is 5.45. The Labute approximate surface area is 148 Å². The monoisotopic (exact) mass is 357 g/mol. The molecule has 5 nitrogen and oxygen atoms in total. The van der Waals surface area contributed by atoms with Gasteiger partial charge in [0, 0.05) is 12.1 Å². The topological polar surface area (TPSA) is 68.0 Å². The fourth-order valence-corrected chi connectivity index (χ4v) is 2.80. The Balaban J connectivity index is 1.54. The Hall–Kier alpha value is -2.67. The summed E-state index contributed by atoms with van der Waals surface area (Å²) in [7, 11) is 0. The molecule has 25 heavy (non-hydrogen) atoms. The first-order chi connectivity index (χ1) is 12.1. The van der Waals surface area contributed by atoms with Crippen LogP contribution in [0, 0.1) is 5.82 Å². The molecule has 128 valence electrons. The van der Waals surface area contributed by atoms with Gasteiger partial charge in [0.1, 0.15) is 5.82 Å². The van der Waals surface area contributed by atoms with Gasteiger partial charge in [-0.25, -0.2) is 4.39 Å². The summed E-state index contributed by atoms with van der Waals surface area (Å²) in [6.07, 6.45) is 0. The van der Waals surface area contributed by atoms with Crippen molar-refractivity contribution in [1.29, 1.82) is 0 Å². The Morgan fingerprint density at radius 3 is 2.60 bits per heavy atom. The number of carbonyl (C=O) groups excluding carboxylic acids is 1. The van der Waals surface area contributed by atoms with Gasteiger partial charge in [0.05, 0.1) is 5.25 Å². The van der Waals surface area contributed by atoms with Gasteiger partial charge < -0.3 is 9.73 Å². The summed E-state index contributed by atoms with van der Waals surface area (Å²) < 4.78 is 18.5. The maximum absolute atomic E-state index is 12.9. The molecule has 3 rings (SSSR count). The number of hydrogen-bond donors (Lipinski definition) is 1. The van der Waals surface area contributed by atoms with Crippen LogP contribution in [0.4, 0.5) is 4.39 Å². The third kappa shape index (κ3) is 4.67. The van der Waals surface area contributed by atoms with Crippen LogP contribution in [0.1, 0.15) is 12.5 Å². The number of carbonyl (C=O) groups is 1. The molecule has 7 heteroatoms. The summed E-state index contributed by atoms with van der Waals surface area (Å²) in [5.74, 6) is -0.0413. The molecule has 0 saturated carbocycles. The third-order valence-electron chi connectivity index (χ3n) is 3.45. The third-order valence-corrected chi connectivity index (χ3v) is 4.39. The molecule has 0 aliphatic rings. The molecule has 0 bridgehead atoms.